The predicted molar refractivity (Wildman–Crippen MR) is 98.7 cm³/mol. The zero-order valence-electron chi connectivity index (χ0n) is 14.8. The van der Waals surface area contributed by atoms with Gasteiger partial charge in [0.15, 0.2) is 11.6 Å². The molecule has 0 bridgehead atoms. The van der Waals surface area contributed by atoms with E-state index in [0.717, 1.165) is 12.4 Å². The Balaban J connectivity index is 1.44. The van der Waals surface area contributed by atoms with Crippen LogP contribution in [0.2, 0.25) is 0 Å². The lowest BCUT2D eigenvalue weighted by Crippen LogP contribution is -2.49. The molecule has 1 fully saturated rings. The van der Waals surface area contributed by atoms with Crippen LogP contribution in [-0.2, 0) is 0 Å². The Morgan fingerprint density at radius 3 is 2.21 bits per heavy atom. The average molecular weight is 385 g/mol. The molecule has 3 aromatic rings. The molecule has 1 amide bonds. The van der Waals surface area contributed by atoms with Crippen molar-refractivity contribution in [3.05, 3.63) is 76.7 Å². The molecule has 0 radical (unpaired) electrons. The van der Waals surface area contributed by atoms with Gasteiger partial charge in [0.25, 0.3) is 5.91 Å². The van der Waals surface area contributed by atoms with Gasteiger partial charge in [-0.15, -0.1) is 0 Å². The van der Waals surface area contributed by atoms with E-state index in [2.05, 4.69) is 9.97 Å². The van der Waals surface area contributed by atoms with Crippen LogP contribution in [0.1, 0.15) is 10.4 Å². The van der Waals surface area contributed by atoms with Gasteiger partial charge in [-0.25, -0.2) is 13.6 Å². The quantitative estimate of drug-likeness (QED) is 0.746. The molecule has 2 aromatic heterocycles. The first-order chi connectivity index (χ1) is 13.5. The third-order valence-corrected chi connectivity index (χ3v) is 4.75. The van der Waals surface area contributed by atoms with Crippen LogP contribution in [-0.4, -0.2) is 51.5 Å². The summed E-state index contributed by atoms with van der Waals surface area (Å²) in [6, 6.07) is 6.71. The van der Waals surface area contributed by atoms with Gasteiger partial charge in [-0.2, -0.15) is 0 Å². The van der Waals surface area contributed by atoms with Crippen molar-refractivity contribution in [2.45, 2.75) is 0 Å². The fourth-order valence-electron chi connectivity index (χ4n) is 3.31. The number of nitrogens with zero attached hydrogens (tertiary/aromatic N) is 4. The van der Waals surface area contributed by atoms with Gasteiger partial charge < -0.3 is 14.8 Å². The first-order valence-electron chi connectivity index (χ1n) is 8.74. The number of anilines is 1. The van der Waals surface area contributed by atoms with E-state index < -0.39 is 11.6 Å². The molecule has 1 aromatic carbocycles. The zero-order valence-corrected chi connectivity index (χ0v) is 14.8. The molecule has 144 valence electrons. The van der Waals surface area contributed by atoms with Gasteiger partial charge in [-0.3, -0.25) is 14.3 Å². The Kier molecular flexibility index (Phi) is 4.64. The minimum atomic E-state index is -0.713. The molecule has 0 unspecified atom stereocenters. The average Bonchev–Trinajstić information content (AvgIpc) is 3.14. The van der Waals surface area contributed by atoms with Gasteiger partial charge in [0.1, 0.15) is 5.69 Å². The van der Waals surface area contributed by atoms with Crippen LogP contribution in [0, 0.1) is 11.6 Å². The molecule has 28 heavy (non-hydrogen) atoms. The molecule has 4 rings (SSSR count). The molecular formula is C19H17F2N5O2. The van der Waals surface area contributed by atoms with Crippen molar-refractivity contribution >= 4 is 11.6 Å². The Morgan fingerprint density at radius 1 is 1.00 bits per heavy atom. The van der Waals surface area contributed by atoms with Crippen molar-refractivity contribution in [2.24, 2.45) is 0 Å². The molecule has 3 heterocycles. The Morgan fingerprint density at radius 2 is 1.64 bits per heavy atom. The second kappa shape index (κ2) is 7.26. The summed E-state index contributed by atoms with van der Waals surface area (Å²) in [4.78, 5) is 33.6. The number of piperazine rings is 1. The maximum Gasteiger partial charge on any atom is 0.330 e. The van der Waals surface area contributed by atoms with Crippen molar-refractivity contribution in [3.63, 3.8) is 0 Å². The summed E-state index contributed by atoms with van der Waals surface area (Å²) >= 11 is 0. The van der Waals surface area contributed by atoms with Crippen molar-refractivity contribution in [3.8, 4) is 5.69 Å². The number of nitrogens with one attached hydrogen (secondary N) is 1. The number of aromatic nitrogens is 3. The van der Waals surface area contributed by atoms with Crippen molar-refractivity contribution < 1.29 is 13.6 Å². The van der Waals surface area contributed by atoms with Crippen molar-refractivity contribution in [1.82, 2.24) is 19.4 Å². The lowest BCUT2D eigenvalue weighted by Gasteiger charge is -2.36. The standard InChI is InChI=1S/C19H17F2N5O2/c20-15-11-22-12-16(21)17(15)24-7-9-25(10-8-24)18(27)13-1-3-14(4-2-13)26-6-5-23-19(26)28/h1-6,11-12H,7-10H2,(H,23,28). The molecule has 0 spiro atoms. The molecule has 1 saturated heterocycles. The Bertz CT molecular complexity index is 1030. The number of aromatic amines is 1. The van der Waals surface area contributed by atoms with E-state index in [9.17, 15) is 18.4 Å². The number of hydrogen-bond acceptors (Lipinski definition) is 4. The van der Waals surface area contributed by atoms with Crippen molar-refractivity contribution in [1.29, 1.82) is 0 Å². The number of H-pyrrole nitrogens is 1. The van der Waals surface area contributed by atoms with E-state index >= 15 is 0 Å². The lowest BCUT2D eigenvalue weighted by atomic mass is 10.1. The monoisotopic (exact) mass is 385 g/mol. The summed E-state index contributed by atoms with van der Waals surface area (Å²) in [7, 11) is 0. The topological polar surface area (TPSA) is 74.2 Å². The van der Waals surface area contributed by atoms with Crippen LogP contribution >= 0.6 is 0 Å². The number of rotatable bonds is 3. The van der Waals surface area contributed by atoms with Crippen LogP contribution in [0.5, 0.6) is 0 Å². The highest BCUT2D eigenvalue weighted by Gasteiger charge is 2.25. The van der Waals surface area contributed by atoms with Crippen LogP contribution in [0.3, 0.4) is 0 Å². The molecule has 1 aliphatic rings. The maximum absolute atomic E-state index is 13.9. The minimum Gasteiger partial charge on any atom is -0.363 e. The van der Waals surface area contributed by atoms with Gasteiger partial charge in [0.2, 0.25) is 0 Å². The summed E-state index contributed by atoms with van der Waals surface area (Å²) in [5.41, 5.74) is 0.771. The SMILES string of the molecule is O=C(c1ccc(-n2cc[nH]c2=O)cc1)N1CCN(c2c(F)cncc2F)CC1. The molecule has 9 heteroatoms. The first-order valence-corrected chi connectivity index (χ1v) is 8.74. The summed E-state index contributed by atoms with van der Waals surface area (Å²) in [6.45, 7) is 1.33. The molecule has 1 N–H and O–H groups in total. The van der Waals surface area contributed by atoms with E-state index in [1.807, 2.05) is 0 Å². The smallest absolute Gasteiger partial charge is 0.330 e. The van der Waals surface area contributed by atoms with E-state index in [4.69, 9.17) is 0 Å². The largest absolute Gasteiger partial charge is 0.363 e. The number of hydrogen-bond donors (Lipinski definition) is 1. The fraction of sp³-hybridized carbons (Fsp3) is 0.211. The number of halogens is 2. The van der Waals surface area contributed by atoms with E-state index in [1.54, 1.807) is 40.3 Å². The van der Waals surface area contributed by atoms with Crippen LogP contribution in [0.25, 0.3) is 5.69 Å². The number of amides is 1. The second-order valence-electron chi connectivity index (χ2n) is 6.41. The maximum atomic E-state index is 13.9. The predicted octanol–water partition coefficient (Wildman–Crippen LogP) is 1.80. The molecule has 7 nitrogen and oxygen atoms in total. The van der Waals surface area contributed by atoms with Gasteiger partial charge in [-0.1, -0.05) is 0 Å². The normalized spacial score (nSPS) is 14.4. The molecule has 1 aliphatic heterocycles. The first kappa shape index (κ1) is 17.9. The third-order valence-electron chi connectivity index (χ3n) is 4.75. The van der Waals surface area contributed by atoms with Gasteiger partial charge in [0.05, 0.1) is 18.1 Å². The molecular weight excluding hydrogens is 368 g/mol. The van der Waals surface area contributed by atoms with Crippen LogP contribution < -0.4 is 10.6 Å². The molecule has 0 saturated carbocycles. The minimum absolute atomic E-state index is 0.108. The van der Waals surface area contributed by atoms with E-state index in [0.29, 0.717) is 37.4 Å². The number of carbonyl (C=O) groups excluding carboxylic acids is 1. The summed E-state index contributed by atoms with van der Waals surface area (Å²) in [5.74, 6) is -1.59. The number of benzene rings is 1. The highest BCUT2D eigenvalue weighted by molar-refractivity contribution is 5.94. The highest BCUT2D eigenvalue weighted by atomic mass is 19.1. The summed E-state index contributed by atoms with van der Waals surface area (Å²) in [6.07, 6.45) is 5.10. The second-order valence-corrected chi connectivity index (χ2v) is 6.41. The Hall–Kier alpha value is -3.49. The van der Waals surface area contributed by atoms with Gasteiger partial charge in [0, 0.05) is 44.1 Å². The van der Waals surface area contributed by atoms with Crippen LogP contribution in [0.4, 0.5) is 14.5 Å². The number of imidazole rings is 1. The number of pyridine rings is 1. The molecule has 0 aliphatic carbocycles. The molecule has 0 atom stereocenters. The van der Waals surface area contributed by atoms with Crippen LogP contribution in [0.15, 0.2) is 53.8 Å². The Labute approximate surface area is 158 Å². The highest BCUT2D eigenvalue weighted by Crippen LogP contribution is 2.23. The number of carbonyl (C=O) groups is 1. The summed E-state index contributed by atoms with van der Waals surface area (Å²) < 4.78 is 29.2. The fourth-order valence-corrected chi connectivity index (χ4v) is 3.31. The zero-order chi connectivity index (χ0) is 19.7. The third kappa shape index (κ3) is 3.26. The summed E-state index contributed by atoms with van der Waals surface area (Å²) in [5, 5.41) is 0. The van der Waals surface area contributed by atoms with E-state index in [-0.39, 0.29) is 17.3 Å². The van der Waals surface area contributed by atoms with E-state index in [1.165, 1.54) is 10.8 Å². The van der Waals surface area contributed by atoms with Gasteiger partial charge >= 0.3 is 5.69 Å². The van der Waals surface area contributed by atoms with Crippen molar-refractivity contribution in [2.75, 3.05) is 31.1 Å². The lowest BCUT2D eigenvalue weighted by molar-refractivity contribution is 0.0746. The van der Waals surface area contributed by atoms with Gasteiger partial charge in [-0.05, 0) is 24.3 Å².